The third kappa shape index (κ3) is 2.53. The maximum atomic E-state index is 2.52. The van der Waals surface area contributed by atoms with E-state index in [1.807, 2.05) is 0 Å². The molecule has 32 heavy (non-hydrogen) atoms. The van der Waals surface area contributed by atoms with E-state index in [0.29, 0.717) is 12.1 Å². The fourth-order valence-electron chi connectivity index (χ4n) is 5.61. The number of fused-ring (bicyclic) bond motifs is 6. The van der Waals surface area contributed by atoms with Gasteiger partial charge in [-0.15, -0.1) is 0 Å². The Hall–Kier alpha value is -3.52. The number of para-hydroxylation sites is 4. The van der Waals surface area contributed by atoms with Gasteiger partial charge in [0.2, 0.25) is 0 Å². The first-order chi connectivity index (χ1) is 15.6. The summed E-state index contributed by atoms with van der Waals surface area (Å²) in [5.41, 5.74) is 7.89. The van der Waals surface area contributed by atoms with Crippen molar-refractivity contribution >= 4 is 43.6 Å². The first-order valence-electron chi connectivity index (χ1n) is 11.6. The topological polar surface area (TPSA) is 9.86 Å². The van der Waals surface area contributed by atoms with E-state index in [-0.39, 0.29) is 0 Å². The third-order valence-corrected chi connectivity index (χ3v) is 6.78. The molecular formula is C30H28N2. The van der Waals surface area contributed by atoms with Crippen LogP contribution in [-0.2, 0) is 0 Å². The Morgan fingerprint density at radius 2 is 0.812 bits per heavy atom. The first-order valence-corrected chi connectivity index (χ1v) is 11.6. The first kappa shape index (κ1) is 19.2. The van der Waals surface area contributed by atoms with Crippen LogP contribution in [0.5, 0.6) is 0 Å². The molecule has 0 saturated carbocycles. The Labute approximate surface area is 188 Å². The molecule has 0 aliphatic carbocycles. The van der Waals surface area contributed by atoms with Gasteiger partial charge in [0.1, 0.15) is 0 Å². The monoisotopic (exact) mass is 416 g/mol. The molecular weight excluding hydrogens is 388 g/mol. The lowest BCUT2D eigenvalue weighted by Crippen LogP contribution is -2.03. The van der Waals surface area contributed by atoms with E-state index in [9.17, 15) is 0 Å². The molecule has 2 heterocycles. The summed E-state index contributed by atoms with van der Waals surface area (Å²) in [6.45, 7) is 9.14. The van der Waals surface area contributed by atoms with Crippen molar-refractivity contribution in [2.75, 3.05) is 0 Å². The molecule has 6 aromatic rings. The number of hydrogen-bond donors (Lipinski definition) is 0. The fraction of sp³-hybridized carbons (Fsp3) is 0.200. The molecule has 0 aliphatic rings. The predicted molar refractivity (Wildman–Crippen MR) is 139 cm³/mol. The highest BCUT2D eigenvalue weighted by atomic mass is 15.0. The van der Waals surface area contributed by atoms with Crippen molar-refractivity contribution in [3.8, 4) is 11.1 Å². The van der Waals surface area contributed by atoms with Gasteiger partial charge in [0, 0.05) is 55.8 Å². The maximum Gasteiger partial charge on any atom is 0.0574 e. The zero-order valence-corrected chi connectivity index (χ0v) is 19.1. The van der Waals surface area contributed by atoms with Gasteiger partial charge in [-0.3, -0.25) is 0 Å². The SMILES string of the molecule is CC(C)n1c2ccccc2c2cccc(-c3cccc4c5ccccc5n(C(C)C)c34)c21. The molecule has 2 heteroatoms. The summed E-state index contributed by atoms with van der Waals surface area (Å²) in [5, 5.41) is 5.32. The molecule has 6 rings (SSSR count). The lowest BCUT2D eigenvalue weighted by molar-refractivity contribution is 0.641. The zero-order valence-electron chi connectivity index (χ0n) is 19.1. The molecule has 0 aliphatic heterocycles. The van der Waals surface area contributed by atoms with Gasteiger partial charge in [0.25, 0.3) is 0 Å². The standard InChI is InChI=1S/C30H28N2/c1-19(2)31-27-17-7-5-11-21(27)23-13-9-15-25(29(23)31)26-16-10-14-24-22-12-6-8-18-28(22)32(20(3)4)30(24)26/h5-20H,1-4H3. The van der Waals surface area contributed by atoms with Crippen LogP contribution in [0.3, 0.4) is 0 Å². The largest absolute Gasteiger partial charge is 0.337 e. The maximum absolute atomic E-state index is 2.52. The van der Waals surface area contributed by atoms with Crippen LogP contribution in [0.1, 0.15) is 39.8 Å². The molecule has 158 valence electrons. The number of benzene rings is 4. The Morgan fingerprint density at radius 3 is 1.22 bits per heavy atom. The molecule has 0 N–H and O–H groups in total. The molecule has 0 radical (unpaired) electrons. The highest BCUT2D eigenvalue weighted by molar-refractivity contribution is 6.18. The summed E-state index contributed by atoms with van der Waals surface area (Å²) in [5.74, 6) is 0. The average Bonchev–Trinajstić information content (AvgIpc) is 3.32. The summed E-state index contributed by atoms with van der Waals surface area (Å²) < 4.78 is 5.03. The lowest BCUT2D eigenvalue weighted by Gasteiger charge is -2.17. The van der Waals surface area contributed by atoms with Crippen molar-refractivity contribution in [2.45, 2.75) is 39.8 Å². The summed E-state index contributed by atoms with van der Waals surface area (Å²) >= 11 is 0. The minimum absolute atomic E-state index is 0.369. The van der Waals surface area contributed by atoms with Crippen molar-refractivity contribution in [1.82, 2.24) is 9.13 Å². The minimum Gasteiger partial charge on any atom is -0.337 e. The minimum atomic E-state index is 0.369. The highest BCUT2D eigenvalue weighted by Crippen LogP contribution is 2.42. The van der Waals surface area contributed by atoms with Crippen LogP contribution >= 0.6 is 0 Å². The van der Waals surface area contributed by atoms with Crippen LogP contribution in [0.25, 0.3) is 54.7 Å². The van der Waals surface area contributed by atoms with Gasteiger partial charge in [0.05, 0.1) is 11.0 Å². The van der Waals surface area contributed by atoms with E-state index in [1.54, 1.807) is 0 Å². The van der Waals surface area contributed by atoms with Crippen molar-refractivity contribution in [3.05, 3.63) is 84.9 Å². The Bertz CT molecular complexity index is 1500. The second-order valence-corrected chi connectivity index (χ2v) is 9.37. The third-order valence-electron chi connectivity index (χ3n) is 6.78. The van der Waals surface area contributed by atoms with Gasteiger partial charge < -0.3 is 9.13 Å². The molecule has 0 amide bonds. The molecule has 0 saturated heterocycles. The van der Waals surface area contributed by atoms with Gasteiger partial charge in [-0.25, -0.2) is 0 Å². The number of hydrogen-bond acceptors (Lipinski definition) is 0. The van der Waals surface area contributed by atoms with Gasteiger partial charge in [0.15, 0.2) is 0 Å². The van der Waals surface area contributed by atoms with Crippen molar-refractivity contribution < 1.29 is 0 Å². The fourth-order valence-corrected chi connectivity index (χ4v) is 5.61. The van der Waals surface area contributed by atoms with E-state index in [1.165, 1.54) is 54.7 Å². The van der Waals surface area contributed by atoms with Crippen molar-refractivity contribution in [1.29, 1.82) is 0 Å². The Kier molecular flexibility index (Phi) is 4.19. The van der Waals surface area contributed by atoms with Crippen molar-refractivity contribution in [3.63, 3.8) is 0 Å². The summed E-state index contributed by atoms with van der Waals surface area (Å²) in [7, 11) is 0. The number of aromatic nitrogens is 2. The predicted octanol–water partition coefficient (Wildman–Crippen LogP) is 8.73. The van der Waals surface area contributed by atoms with Crippen LogP contribution in [0.2, 0.25) is 0 Å². The molecule has 2 aromatic heterocycles. The van der Waals surface area contributed by atoms with Crippen LogP contribution < -0.4 is 0 Å². The smallest absolute Gasteiger partial charge is 0.0574 e. The van der Waals surface area contributed by atoms with Gasteiger partial charge in [-0.1, -0.05) is 72.8 Å². The van der Waals surface area contributed by atoms with Crippen LogP contribution in [-0.4, -0.2) is 9.13 Å². The van der Waals surface area contributed by atoms with Crippen LogP contribution in [0, 0.1) is 0 Å². The Morgan fingerprint density at radius 1 is 0.438 bits per heavy atom. The van der Waals surface area contributed by atoms with E-state index >= 15 is 0 Å². The summed E-state index contributed by atoms with van der Waals surface area (Å²) in [6.07, 6.45) is 0. The second-order valence-electron chi connectivity index (χ2n) is 9.37. The number of nitrogens with zero attached hydrogens (tertiary/aromatic N) is 2. The van der Waals surface area contributed by atoms with Gasteiger partial charge in [-0.05, 0) is 39.8 Å². The molecule has 2 nitrogen and oxygen atoms in total. The van der Waals surface area contributed by atoms with E-state index < -0.39 is 0 Å². The number of rotatable bonds is 3. The normalized spacial score (nSPS) is 12.3. The summed E-state index contributed by atoms with van der Waals surface area (Å²) in [6, 6.07) is 32.0. The van der Waals surface area contributed by atoms with Crippen molar-refractivity contribution in [2.24, 2.45) is 0 Å². The average molecular weight is 417 g/mol. The molecule has 0 unspecified atom stereocenters. The highest BCUT2D eigenvalue weighted by Gasteiger charge is 2.21. The van der Waals surface area contributed by atoms with E-state index in [0.717, 1.165) is 0 Å². The summed E-state index contributed by atoms with van der Waals surface area (Å²) in [4.78, 5) is 0. The Balaban J connectivity index is 1.83. The van der Waals surface area contributed by atoms with E-state index in [2.05, 4.69) is 122 Å². The van der Waals surface area contributed by atoms with Crippen LogP contribution in [0.4, 0.5) is 0 Å². The van der Waals surface area contributed by atoms with E-state index in [4.69, 9.17) is 0 Å². The van der Waals surface area contributed by atoms with Gasteiger partial charge >= 0.3 is 0 Å². The van der Waals surface area contributed by atoms with Gasteiger partial charge in [-0.2, -0.15) is 0 Å². The quantitative estimate of drug-likeness (QED) is 0.273. The second kappa shape index (κ2) is 7.00. The molecule has 0 spiro atoms. The van der Waals surface area contributed by atoms with Crippen LogP contribution in [0.15, 0.2) is 84.9 Å². The lowest BCUT2D eigenvalue weighted by atomic mass is 9.99. The molecule has 0 atom stereocenters. The molecule has 4 aromatic carbocycles. The zero-order chi connectivity index (χ0) is 22.0. The molecule has 0 bridgehead atoms. The molecule has 0 fully saturated rings.